The number of benzene rings is 1. The van der Waals surface area contributed by atoms with Crippen LogP contribution in [0.1, 0.15) is 10.4 Å². The van der Waals surface area contributed by atoms with Crippen molar-refractivity contribution in [2.45, 2.75) is 0 Å². The first-order valence-electron chi connectivity index (χ1n) is 6.21. The number of amides is 1. The Bertz CT molecular complexity index is 452. The standard InChI is InChI=1S/C13H16BrClN2OS/c14-11-3-1-2-10(12(11)15)13(18)16-4-5-17-6-8-19-9-7-17/h1-3H,4-9H2,(H,16,18). The molecule has 0 atom stereocenters. The van der Waals surface area contributed by atoms with Crippen LogP contribution in [0, 0.1) is 0 Å². The molecule has 104 valence electrons. The molecule has 1 saturated heterocycles. The Morgan fingerprint density at radius 3 is 2.89 bits per heavy atom. The van der Waals surface area contributed by atoms with Gasteiger partial charge in [0.2, 0.25) is 0 Å². The highest BCUT2D eigenvalue weighted by Crippen LogP contribution is 2.25. The summed E-state index contributed by atoms with van der Waals surface area (Å²) in [6, 6.07) is 5.37. The van der Waals surface area contributed by atoms with Gasteiger partial charge in [0.15, 0.2) is 0 Å². The van der Waals surface area contributed by atoms with Crippen molar-refractivity contribution in [2.75, 3.05) is 37.7 Å². The van der Waals surface area contributed by atoms with Crippen molar-refractivity contribution in [2.24, 2.45) is 0 Å². The van der Waals surface area contributed by atoms with Crippen LogP contribution in [-0.2, 0) is 0 Å². The van der Waals surface area contributed by atoms with E-state index in [9.17, 15) is 4.79 Å². The van der Waals surface area contributed by atoms with Gasteiger partial charge in [-0.2, -0.15) is 11.8 Å². The topological polar surface area (TPSA) is 32.3 Å². The Hall–Kier alpha value is -0.230. The smallest absolute Gasteiger partial charge is 0.252 e. The summed E-state index contributed by atoms with van der Waals surface area (Å²) in [6.07, 6.45) is 0. The molecule has 1 aliphatic rings. The van der Waals surface area contributed by atoms with Gasteiger partial charge in [-0.15, -0.1) is 0 Å². The van der Waals surface area contributed by atoms with E-state index in [2.05, 4.69) is 26.1 Å². The van der Waals surface area contributed by atoms with E-state index in [0.29, 0.717) is 17.1 Å². The quantitative estimate of drug-likeness (QED) is 0.893. The average molecular weight is 364 g/mol. The Morgan fingerprint density at radius 2 is 2.16 bits per heavy atom. The maximum absolute atomic E-state index is 12.0. The summed E-state index contributed by atoms with van der Waals surface area (Å²) in [5.74, 6) is 2.26. The van der Waals surface area contributed by atoms with Crippen molar-refractivity contribution in [1.82, 2.24) is 10.2 Å². The highest BCUT2D eigenvalue weighted by atomic mass is 79.9. The lowest BCUT2D eigenvalue weighted by molar-refractivity contribution is 0.0949. The van der Waals surface area contributed by atoms with Crippen molar-refractivity contribution >= 4 is 45.2 Å². The van der Waals surface area contributed by atoms with Crippen molar-refractivity contribution in [3.63, 3.8) is 0 Å². The average Bonchev–Trinajstić information content (AvgIpc) is 2.43. The fourth-order valence-electron chi connectivity index (χ4n) is 1.93. The van der Waals surface area contributed by atoms with Crippen LogP contribution >= 0.6 is 39.3 Å². The monoisotopic (exact) mass is 362 g/mol. The molecule has 0 aromatic heterocycles. The zero-order valence-electron chi connectivity index (χ0n) is 10.5. The second-order valence-electron chi connectivity index (χ2n) is 4.31. The SMILES string of the molecule is O=C(NCCN1CCSCC1)c1cccc(Br)c1Cl. The zero-order chi connectivity index (χ0) is 13.7. The van der Waals surface area contributed by atoms with Gasteiger partial charge >= 0.3 is 0 Å². The lowest BCUT2D eigenvalue weighted by Crippen LogP contribution is -2.39. The van der Waals surface area contributed by atoms with Crippen LogP contribution in [0.2, 0.25) is 5.02 Å². The summed E-state index contributed by atoms with van der Waals surface area (Å²) in [4.78, 5) is 14.4. The van der Waals surface area contributed by atoms with E-state index in [1.54, 1.807) is 6.07 Å². The van der Waals surface area contributed by atoms with Gasteiger partial charge < -0.3 is 5.32 Å². The van der Waals surface area contributed by atoms with Crippen LogP contribution in [0.3, 0.4) is 0 Å². The van der Waals surface area contributed by atoms with Crippen LogP contribution in [0.5, 0.6) is 0 Å². The van der Waals surface area contributed by atoms with E-state index in [-0.39, 0.29) is 5.91 Å². The van der Waals surface area contributed by atoms with Crippen molar-refractivity contribution in [1.29, 1.82) is 0 Å². The van der Waals surface area contributed by atoms with Crippen molar-refractivity contribution < 1.29 is 4.79 Å². The molecule has 6 heteroatoms. The molecule has 1 amide bonds. The summed E-state index contributed by atoms with van der Waals surface area (Å²) in [6.45, 7) is 3.78. The summed E-state index contributed by atoms with van der Waals surface area (Å²) >= 11 is 11.4. The number of nitrogens with one attached hydrogen (secondary N) is 1. The molecule has 0 unspecified atom stereocenters. The minimum absolute atomic E-state index is 0.113. The highest BCUT2D eigenvalue weighted by Gasteiger charge is 2.13. The van der Waals surface area contributed by atoms with Crippen molar-refractivity contribution in [3.8, 4) is 0 Å². The van der Waals surface area contributed by atoms with Crippen LogP contribution in [0.15, 0.2) is 22.7 Å². The third-order valence-electron chi connectivity index (χ3n) is 3.01. The number of thioether (sulfide) groups is 1. The summed E-state index contributed by atoms with van der Waals surface area (Å²) in [7, 11) is 0. The van der Waals surface area contributed by atoms with E-state index >= 15 is 0 Å². The predicted molar refractivity (Wildman–Crippen MR) is 85.3 cm³/mol. The van der Waals surface area contributed by atoms with Gasteiger partial charge in [-0.3, -0.25) is 9.69 Å². The Kier molecular flexibility index (Phi) is 6.01. The number of hydrogen-bond donors (Lipinski definition) is 1. The maximum atomic E-state index is 12.0. The molecule has 0 radical (unpaired) electrons. The molecule has 0 spiro atoms. The molecule has 2 rings (SSSR count). The largest absolute Gasteiger partial charge is 0.351 e. The Morgan fingerprint density at radius 1 is 1.42 bits per heavy atom. The zero-order valence-corrected chi connectivity index (χ0v) is 13.7. The first kappa shape index (κ1) is 15.2. The summed E-state index contributed by atoms with van der Waals surface area (Å²) in [5.41, 5.74) is 0.519. The molecular weight excluding hydrogens is 348 g/mol. The van der Waals surface area contributed by atoms with Crippen molar-refractivity contribution in [3.05, 3.63) is 33.3 Å². The fourth-order valence-corrected chi connectivity index (χ4v) is 3.48. The number of nitrogens with zero attached hydrogens (tertiary/aromatic N) is 1. The lowest BCUT2D eigenvalue weighted by atomic mass is 10.2. The number of rotatable bonds is 4. The van der Waals surface area contributed by atoms with Gasteiger partial charge in [-0.1, -0.05) is 17.7 Å². The lowest BCUT2D eigenvalue weighted by Gasteiger charge is -2.26. The molecule has 0 bridgehead atoms. The highest BCUT2D eigenvalue weighted by molar-refractivity contribution is 9.10. The van der Waals surface area contributed by atoms with E-state index in [1.807, 2.05) is 23.9 Å². The first-order chi connectivity index (χ1) is 9.18. The molecule has 0 saturated carbocycles. The molecule has 1 aromatic rings. The molecule has 1 aliphatic heterocycles. The third kappa shape index (κ3) is 4.38. The fraction of sp³-hybridized carbons (Fsp3) is 0.462. The minimum atomic E-state index is -0.113. The van der Waals surface area contributed by atoms with Gasteiger partial charge in [0.1, 0.15) is 0 Å². The van der Waals surface area contributed by atoms with Crippen LogP contribution in [-0.4, -0.2) is 48.5 Å². The Labute approximate surface area is 131 Å². The predicted octanol–water partition coefficient (Wildman–Crippen LogP) is 2.88. The number of carbonyl (C=O) groups excluding carboxylic acids is 1. The van der Waals surface area contributed by atoms with E-state index in [4.69, 9.17) is 11.6 Å². The number of carbonyl (C=O) groups is 1. The summed E-state index contributed by atoms with van der Waals surface area (Å²) in [5, 5.41) is 3.39. The Balaban J connectivity index is 1.82. The van der Waals surface area contributed by atoms with Gasteiger partial charge in [0.25, 0.3) is 5.91 Å². The first-order valence-corrected chi connectivity index (χ1v) is 8.53. The normalized spacial score (nSPS) is 16.3. The minimum Gasteiger partial charge on any atom is -0.351 e. The molecule has 1 aromatic carbocycles. The van der Waals surface area contributed by atoms with Gasteiger partial charge in [0, 0.05) is 42.2 Å². The second kappa shape index (κ2) is 7.53. The van der Waals surface area contributed by atoms with E-state index in [0.717, 1.165) is 24.1 Å². The molecule has 0 aliphatic carbocycles. The van der Waals surface area contributed by atoms with Gasteiger partial charge in [-0.05, 0) is 28.1 Å². The van der Waals surface area contributed by atoms with Gasteiger partial charge in [0.05, 0.1) is 10.6 Å². The van der Waals surface area contributed by atoms with E-state index < -0.39 is 0 Å². The molecule has 1 heterocycles. The third-order valence-corrected chi connectivity index (χ3v) is 5.25. The molecule has 1 fully saturated rings. The van der Waals surface area contributed by atoms with Crippen LogP contribution in [0.25, 0.3) is 0 Å². The number of halogens is 2. The van der Waals surface area contributed by atoms with E-state index in [1.165, 1.54) is 11.5 Å². The molecule has 3 nitrogen and oxygen atoms in total. The molecule has 1 N–H and O–H groups in total. The molecular formula is C13H16BrClN2OS. The second-order valence-corrected chi connectivity index (χ2v) is 6.77. The maximum Gasteiger partial charge on any atom is 0.252 e. The number of hydrogen-bond acceptors (Lipinski definition) is 3. The molecule has 19 heavy (non-hydrogen) atoms. The summed E-state index contributed by atoms with van der Waals surface area (Å²) < 4.78 is 0.745. The van der Waals surface area contributed by atoms with Crippen LogP contribution < -0.4 is 5.32 Å². The van der Waals surface area contributed by atoms with Crippen LogP contribution in [0.4, 0.5) is 0 Å². The van der Waals surface area contributed by atoms with Gasteiger partial charge in [-0.25, -0.2) is 0 Å².